The zero-order valence-corrected chi connectivity index (χ0v) is 12.4. The van der Waals surface area contributed by atoms with E-state index in [2.05, 4.69) is 0 Å². The van der Waals surface area contributed by atoms with Crippen LogP contribution >= 0.6 is 12.2 Å². The largest absolute Gasteiger partial charge is 0.392 e. The second-order valence-electron chi connectivity index (χ2n) is 4.09. The number of sulfonamides is 1. The highest BCUT2D eigenvalue weighted by Crippen LogP contribution is 2.21. The van der Waals surface area contributed by atoms with E-state index in [0.29, 0.717) is 12.2 Å². The lowest BCUT2D eigenvalue weighted by atomic mass is 10.2. The lowest BCUT2D eigenvalue weighted by Gasteiger charge is -2.26. The van der Waals surface area contributed by atoms with Crippen LogP contribution in [0, 0.1) is 6.92 Å². The Morgan fingerprint density at radius 2 is 1.89 bits per heavy atom. The molecule has 1 atom stereocenters. The van der Waals surface area contributed by atoms with Crippen LogP contribution in [-0.4, -0.2) is 25.2 Å². The van der Waals surface area contributed by atoms with Gasteiger partial charge in [0.2, 0.25) is 10.0 Å². The normalized spacial score (nSPS) is 13.1. The Morgan fingerprint density at radius 3 is 2.28 bits per heavy atom. The van der Waals surface area contributed by atoms with Crippen molar-refractivity contribution in [2.24, 2.45) is 5.73 Å². The smallest absolute Gasteiger partial charge is 0.244 e. The number of aryl methyl sites for hydroxylation is 1. The summed E-state index contributed by atoms with van der Waals surface area (Å²) in [5.41, 5.74) is 7.15. The van der Waals surface area contributed by atoms with E-state index in [0.717, 1.165) is 5.56 Å². The van der Waals surface area contributed by atoms with Gasteiger partial charge in [-0.05, 0) is 32.9 Å². The molecule has 1 aromatic rings. The first-order chi connectivity index (χ1) is 8.30. The molecule has 0 heterocycles. The van der Waals surface area contributed by atoms with Gasteiger partial charge in [0.25, 0.3) is 0 Å². The maximum atomic E-state index is 12.3. The van der Waals surface area contributed by atoms with Crippen LogP contribution in [0.15, 0.2) is 24.3 Å². The van der Waals surface area contributed by atoms with Crippen molar-refractivity contribution in [3.63, 3.8) is 0 Å². The molecule has 0 aliphatic heterocycles. The summed E-state index contributed by atoms with van der Waals surface area (Å²) < 4.78 is 26.0. The standard InChI is InChI=1S/C12H18N2O2S2/c1-4-14(11-7-5-9(2)6-8-11)18(15,16)10(3)12(13)17/h5-8,10H,4H2,1-3H3,(H2,13,17). The molecule has 1 aromatic carbocycles. The molecule has 0 amide bonds. The molecular formula is C12H18N2O2S2. The fourth-order valence-corrected chi connectivity index (χ4v) is 3.37. The molecule has 0 aliphatic carbocycles. The predicted octanol–water partition coefficient (Wildman–Crippen LogP) is 1.83. The maximum absolute atomic E-state index is 12.3. The van der Waals surface area contributed by atoms with Gasteiger partial charge in [-0.15, -0.1) is 0 Å². The van der Waals surface area contributed by atoms with E-state index < -0.39 is 15.3 Å². The molecular weight excluding hydrogens is 268 g/mol. The summed E-state index contributed by atoms with van der Waals surface area (Å²) in [6, 6.07) is 7.31. The van der Waals surface area contributed by atoms with Crippen LogP contribution in [0.25, 0.3) is 0 Å². The number of benzene rings is 1. The molecule has 100 valence electrons. The molecule has 1 unspecified atom stereocenters. The third-order valence-corrected chi connectivity index (χ3v) is 5.50. The van der Waals surface area contributed by atoms with Crippen molar-refractivity contribution >= 4 is 32.9 Å². The van der Waals surface area contributed by atoms with Crippen molar-refractivity contribution in [1.82, 2.24) is 0 Å². The zero-order valence-electron chi connectivity index (χ0n) is 10.8. The molecule has 0 aromatic heterocycles. The summed E-state index contributed by atoms with van der Waals surface area (Å²) >= 11 is 4.78. The van der Waals surface area contributed by atoms with Gasteiger partial charge in [0.1, 0.15) is 5.25 Å². The van der Waals surface area contributed by atoms with E-state index in [1.54, 1.807) is 19.1 Å². The zero-order chi connectivity index (χ0) is 13.9. The number of nitrogens with zero attached hydrogens (tertiary/aromatic N) is 1. The van der Waals surface area contributed by atoms with Crippen LogP contribution in [0.1, 0.15) is 19.4 Å². The van der Waals surface area contributed by atoms with Gasteiger partial charge in [0.15, 0.2) is 0 Å². The third kappa shape index (κ3) is 3.00. The number of hydrogen-bond acceptors (Lipinski definition) is 3. The van der Waals surface area contributed by atoms with Gasteiger partial charge in [-0.1, -0.05) is 29.9 Å². The number of hydrogen-bond donors (Lipinski definition) is 1. The summed E-state index contributed by atoms with van der Waals surface area (Å²) in [5, 5.41) is -0.867. The minimum Gasteiger partial charge on any atom is -0.392 e. The van der Waals surface area contributed by atoms with Crippen LogP contribution in [0.4, 0.5) is 5.69 Å². The average molecular weight is 286 g/mol. The summed E-state index contributed by atoms with van der Waals surface area (Å²) in [4.78, 5) is -0.0134. The minimum atomic E-state index is -3.55. The Hall–Kier alpha value is -1.14. The monoisotopic (exact) mass is 286 g/mol. The second-order valence-corrected chi connectivity index (χ2v) is 6.74. The van der Waals surface area contributed by atoms with Crippen molar-refractivity contribution in [2.45, 2.75) is 26.0 Å². The van der Waals surface area contributed by atoms with Gasteiger partial charge in [0.05, 0.1) is 10.7 Å². The Labute approximate surface area is 114 Å². The van der Waals surface area contributed by atoms with Gasteiger partial charge in [-0.3, -0.25) is 4.31 Å². The molecule has 0 saturated heterocycles. The predicted molar refractivity (Wildman–Crippen MR) is 79.4 cm³/mol. The SMILES string of the molecule is CCN(c1ccc(C)cc1)S(=O)(=O)C(C)C(N)=S. The summed E-state index contributed by atoms with van der Waals surface area (Å²) in [5.74, 6) is 0. The topological polar surface area (TPSA) is 63.4 Å². The van der Waals surface area contributed by atoms with E-state index in [9.17, 15) is 8.42 Å². The molecule has 0 spiro atoms. The average Bonchev–Trinajstić information content (AvgIpc) is 2.31. The minimum absolute atomic E-state index is 0.0134. The van der Waals surface area contributed by atoms with Crippen molar-refractivity contribution < 1.29 is 8.42 Å². The van der Waals surface area contributed by atoms with Crippen LogP contribution < -0.4 is 10.0 Å². The Bertz CT molecular complexity index is 524. The molecule has 4 nitrogen and oxygen atoms in total. The van der Waals surface area contributed by atoms with E-state index in [4.69, 9.17) is 18.0 Å². The summed E-state index contributed by atoms with van der Waals surface area (Å²) in [6.07, 6.45) is 0. The first-order valence-electron chi connectivity index (χ1n) is 5.68. The number of nitrogens with two attached hydrogens (primary N) is 1. The molecule has 0 radical (unpaired) electrons. The highest BCUT2D eigenvalue weighted by atomic mass is 32.2. The molecule has 0 fully saturated rings. The second kappa shape index (κ2) is 5.67. The maximum Gasteiger partial charge on any atom is 0.244 e. The Morgan fingerprint density at radius 1 is 1.39 bits per heavy atom. The lowest BCUT2D eigenvalue weighted by Crippen LogP contribution is -2.43. The van der Waals surface area contributed by atoms with E-state index in [-0.39, 0.29) is 4.99 Å². The number of thiocarbonyl (C=S) groups is 1. The van der Waals surface area contributed by atoms with Crippen LogP contribution in [-0.2, 0) is 10.0 Å². The Kier molecular flexibility index (Phi) is 4.70. The summed E-state index contributed by atoms with van der Waals surface area (Å²) in [6.45, 7) is 5.59. The quantitative estimate of drug-likeness (QED) is 0.839. The van der Waals surface area contributed by atoms with Crippen molar-refractivity contribution in [3.05, 3.63) is 29.8 Å². The Balaban J connectivity index is 3.18. The van der Waals surface area contributed by atoms with Gasteiger partial charge in [-0.2, -0.15) is 0 Å². The third-order valence-electron chi connectivity index (χ3n) is 2.76. The molecule has 0 saturated carbocycles. The molecule has 2 N–H and O–H groups in total. The van der Waals surface area contributed by atoms with Gasteiger partial charge in [0, 0.05) is 6.54 Å². The van der Waals surface area contributed by atoms with Gasteiger partial charge < -0.3 is 5.73 Å². The number of rotatable bonds is 5. The van der Waals surface area contributed by atoms with E-state index >= 15 is 0 Å². The van der Waals surface area contributed by atoms with Gasteiger partial charge in [-0.25, -0.2) is 8.42 Å². The van der Waals surface area contributed by atoms with Crippen molar-refractivity contribution in [3.8, 4) is 0 Å². The fraction of sp³-hybridized carbons (Fsp3) is 0.417. The highest BCUT2D eigenvalue weighted by molar-refractivity contribution is 7.95. The first kappa shape index (κ1) is 14.9. The number of anilines is 1. The van der Waals surface area contributed by atoms with Crippen molar-refractivity contribution in [2.75, 3.05) is 10.8 Å². The molecule has 0 bridgehead atoms. The van der Waals surface area contributed by atoms with Gasteiger partial charge >= 0.3 is 0 Å². The van der Waals surface area contributed by atoms with E-state index in [1.807, 2.05) is 19.1 Å². The molecule has 1 rings (SSSR count). The van der Waals surface area contributed by atoms with Crippen LogP contribution in [0.2, 0.25) is 0 Å². The first-order valence-corrected chi connectivity index (χ1v) is 7.59. The molecule has 18 heavy (non-hydrogen) atoms. The molecule has 0 aliphatic rings. The van der Waals surface area contributed by atoms with Crippen LogP contribution in [0.5, 0.6) is 0 Å². The van der Waals surface area contributed by atoms with Crippen molar-refractivity contribution in [1.29, 1.82) is 0 Å². The molecule has 6 heteroatoms. The summed E-state index contributed by atoms with van der Waals surface area (Å²) in [7, 11) is -3.55. The van der Waals surface area contributed by atoms with Crippen LogP contribution in [0.3, 0.4) is 0 Å². The fourth-order valence-electron chi connectivity index (χ4n) is 1.56. The highest BCUT2D eigenvalue weighted by Gasteiger charge is 2.29. The van der Waals surface area contributed by atoms with E-state index in [1.165, 1.54) is 11.2 Å². The lowest BCUT2D eigenvalue weighted by molar-refractivity contribution is 0.589.